The lowest BCUT2D eigenvalue weighted by Crippen LogP contribution is -2.22. The van der Waals surface area contributed by atoms with Crippen molar-refractivity contribution in [1.29, 1.82) is 0 Å². The van der Waals surface area contributed by atoms with Gasteiger partial charge < -0.3 is 9.15 Å². The number of nitrogens with zero attached hydrogens (tertiary/aromatic N) is 3. The van der Waals surface area contributed by atoms with E-state index in [9.17, 15) is 0 Å². The van der Waals surface area contributed by atoms with Crippen molar-refractivity contribution in [3.63, 3.8) is 0 Å². The molecule has 138 valence electrons. The third-order valence-corrected chi connectivity index (χ3v) is 5.90. The first kappa shape index (κ1) is 18.6. The van der Waals surface area contributed by atoms with Crippen molar-refractivity contribution < 1.29 is 9.15 Å². The average Bonchev–Trinajstić information content (AvgIpc) is 3.27. The summed E-state index contributed by atoms with van der Waals surface area (Å²) in [4.78, 5) is 11.4. The maximum absolute atomic E-state index is 5.99. The smallest absolute Gasteiger partial charge is 0.226 e. The molecule has 0 spiro atoms. The second kappa shape index (κ2) is 7.60. The second-order valence-corrected chi connectivity index (χ2v) is 7.47. The molecule has 2 aromatic heterocycles. The van der Waals surface area contributed by atoms with Gasteiger partial charge in [0.05, 0.1) is 18.8 Å². The molecule has 1 unspecified atom stereocenters. The molecule has 0 saturated heterocycles. The van der Waals surface area contributed by atoms with Crippen LogP contribution < -0.4 is 4.74 Å². The highest BCUT2D eigenvalue weighted by Crippen LogP contribution is 2.32. The molecule has 0 saturated carbocycles. The standard InChI is InChI=1S/C20H25N3O2S/c1-12-13(2)18(24-6)8-7-16(12)19-22-17(15(4)25-19)11-23(5)14(3)20-21-9-10-26-20/h7-10,14H,11H2,1-6H3. The summed E-state index contributed by atoms with van der Waals surface area (Å²) in [7, 11) is 3.77. The van der Waals surface area contributed by atoms with Crippen molar-refractivity contribution in [2.24, 2.45) is 0 Å². The molecule has 3 rings (SSSR count). The van der Waals surface area contributed by atoms with Gasteiger partial charge in [0.2, 0.25) is 5.89 Å². The van der Waals surface area contributed by atoms with Crippen LogP contribution in [-0.2, 0) is 6.54 Å². The molecule has 0 fully saturated rings. The maximum atomic E-state index is 5.99. The monoisotopic (exact) mass is 371 g/mol. The van der Waals surface area contributed by atoms with Crippen LogP contribution in [0.4, 0.5) is 0 Å². The highest BCUT2D eigenvalue weighted by molar-refractivity contribution is 7.09. The summed E-state index contributed by atoms with van der Waals surface area (Å²) in [5, 5.41) is 3.11. The third kappa shape index (κ3) is 3.52. The molecule has 0 aliphatic rings. The number of ether oxygens (including phenoxy) is 1. The maximum Gasteiger partial charge on any atom is 0.226 e. The van der Waals surface area contributed by atoms with Gasteiger partial charge >= 0.3 is 0 Å². The van der Waals surface area contributed by atoms with Gasteiger partial charge in [0.15, 0.2) is 0 Å². The number of hydrogen-bond donors (Lipinski definition) is 0. The Labute approximate surface area is 158 Å². The highest BCUT2D eigenvalue weighted by atomic mass is 32.1. The molecular formula is C20H25N3O2S. The van der Waals surface area contributed by atoms with E-state index in [1.807, 2.05) is 30.6 Å². The number of oxazole rings is 1. The van der Waals surface area contributed by atoms with Gasteiger partial charge in [0.1, 0.15) is 16.5 Å². The van der Waals surface area contributed by atoms with E-state index in [-0.39, 0.29) is 6.04 Å². The van der Waals surface area contributed by atoms with Gasteiger partial charge in [-0.15, -0.1) is 11.3 Å². The Morgan fingerprint density at radius 3 is 2.65 bits per heavy atom. The summed E-state index contributed by atoms with van der Waals surface area (Å²) >= 11 is 1.67. The summed E-state index contributed by atoms with van der Waals surface area (Å²) in [5.74, 6) is 2.40. The molecule has 0 aliphatic heterocycles. The fraction of sp³-hybridized carbons (Fsp3) is 0.400. The zero-order valence-electron chi connectivity index (χ0n) is 16.2. The molecule has 2 heterocycles. The Bertz CT molecular complexity index is 887. The fourth-order valence-electron chi connectivity index (χ4n) is 2.94. The van der Waals surface area contributed by atoms with Crippen LogP contribution in [0, 0.1) is 20.8 Å². The van der Waals surface area contributed by atoms with Crippen LogP contribution >= 0.6 is 11.3 Å². The average molecular weight is 372 g/mol. The molecule has 0 bridgehead atoms. The van der Waals surface area contributed by atoms with Crippen LogP contribution in [0.1, 0.15) is 40.6 Å². The number of rotatable bonds is 6. The van der Waals surface area contributed by atoms with Crippen LogP contribution in [0.15, 0.2) is 28.1 Å². The largest absolute Gasteiger partial charge is 0.496 e. The lowest BCUT2D eigenvalue weighted by atomic mass is 10.0. The highest BCUT2D eigenvalue weighted by Gasteiger charge is 2.20. The van der Waals surface area contributed by atoms with Crippen molar-refractivity contribution >= 4 is 11.3 Å². The zero-order valence-corrected chi connectivity index (χ0v) is 17.0. The Balaban J connectivity index is 1.85. The van der Waals surface area contributed by atoms with Crippen molar-refractivity contribution in [3.05, 3.63) is 51.3 Å². The Morgan fingerprint density at radius 2 is 2.00 bits per heavy atom. The van der Waals surface area contributed by atoms with Crippen LogP contribution in [0.25, 0.3) is 11.5 Å². The number of thiazole rings is 1. The summed E-state index contributed by atoms with van der Waals surface area (Å²) in [6.07, 6.45) is 1.85. The van der Waals surface area contributed by atoms with Gasteiger partial charge in [-0.05, 0) is 58.0 Å². The van der Waals surface area contributed by atoms with Crippen LogP contribution in [0.2, 0.25) is 0 Å². The normalized spacial score (nSPS) is 12.6. The van der Waals surface area contributed by atoms with Gasteiger partial charge in [-0.1, -0.05) is 0 Å². The van der Waals surface area contributed by atoms with E-state index < -0.39 is 0 Å². The number of aryl methyl sites for hydroxylation is 1. The second-order valence-electron chi connectivity index (χ2n) is 6.55. The van der Waals surface area contributed by atoms with E-state index in [1.54, 1.807) is 18.4 Å². The first-order valence-electron chi connectivity index (χ1n) is 8.62. The number of benzene rings is 1. The summed E-state index contributed by atoms with van der Waals surface area (Å²) in [6.45, 7) is 8.97. The molecule has 0 radical (unpaired) electrons. The topological polar surface area (TPSA) is 51.4 Å². The van der Waals surface area contributed by atoms with Gasteiger partial charge in [0.25, 0.3) is 0 Å². The van der Waals surface area contributed by atoms with Crippen molar-refractivity contribution in [3.8, 4) is 17.2 Å². The fourth-order valence-corrected chi connectivity index (χ4v) is 3.70. The van der Waals surface area contributed by atoms with Crippen LogP contribution in [0.5, 0.6) is 5.75 Å². The molecule has 3 aromatic rings. The van der Waals surface area contributed by atoms with E-state index in [0.717, 1.165) is 38.9 Å². The minimum atomic E-state index is 0.236. The third-order valence-electron chi connectivity index (χ3n) is 4.95. The zero-order chi connectivity index (χ0) is 18.8. The predicted octanol–water partition coefficient (Wildman–Crippen LogP) is 4.92. The van der Waals surface area contributed by atoms with Crippen LogP contribution in [0.3, 0.4) is 0 Å². The summed E-state index contributed by atoms with van der Waals surface area (Å²) < 4.78 is 11.4. The Hall–Kier alpha value is -2.18. The Morgan fingerprint density at radius 1 is 1.23 bits per heavy atom. The molecule has 1 aromatic carbocycles. The van der Waals surface area contributed by atoms with E-state index in [0.29, 0.717) is 12.4 Å². The molecule has 1 atom stereocenters. The quantitative estimate of drug-likeness (QED) is 0.615. The Kier molecular flexibility index (Phi) is 5.44. The molecule has 6 heteroatoms. The van der Waals surface area contributed by atoms with Crippen molar-refractivity contribution in [2.75, 3.05) is 14.2 Å². The minimum absolute atomic E-state index is 0.236. The predicted molar refractivity (Wildman–Crippen MR) is 105 cm³/mol. The van der Waals surface area contributed by atoms with Gasteiger partial charge in [-0.3, -0.25) is 4.90 Å². The first-order chi connectivity index (χ1) is 12.4. The van der Waals surface area contributed by atoms with E-state index in [2.05, 4.69) is 37.7 Å². The van der Waals surface area contributed by atoms with Crippen LogP contribution in [-0.4, -0.2) is 29.0 Å². The molecular weight excluding hydrogens is 346 g/mol. The van der Waals surface area contributed by atoms with Gasteiger partial charge in [-0.2, -0.15) is 0 Å². The van der Waals surface area contributed by atoms with E-state index in [4.69, 9.17) is 14.1 Å². The summed E-state index contributed by atoms with van der Waals surface area (Å²) in [5.41, 5.74) is 4.20. The number of hydrogen-bond acceptors (Lipinski definition) is 6. The molecule has 26 heavy (non-hydrogen) atoms. The lowest BCUT2D eigenvalue weighted by Gasteiger charge is -2.21. The minimum Gasteiger partial charge on any atom is -0.496 e. The van der Waals surface area contributed by atoms with Gasteiger partial charge in [0, 0.05) is 23.7 Å². The van der Waals surface area contributed by atoms with Crippen molar-refractivity contribution in [2.45, 2.75) is 40.3 Å². The van der Waals surface area contributed by atoms with E-state index in [1.165, 1.54) is 0 Å². The van der Waals surface area contributed by atoms with Gasteiger partial charge in [-0.25, -0.2) is 9.97 Å². The summed E-state index contributed by atoms with van der Waals surface area (Å²) in [6, 6.07) is 4.21. The SMILES string of the molecule is COc1ccc(-c2nc(CN(C)C(C)c3nccs3)c(C)o2)c(C)c1C. The van der Waals surface area contributed by atoms with Crippen molar-refractivity contribution in [1.82, 2.24) is 14.9 Å². The first-order valence-corrected chi connectivity index (χ1v) is 9.50. The molecule has 5 nitrogen and oxygen atoms in total. The molecule has 0 aliphatic carbocycles. The van der Waals surface area contributed by atoms with E-state index >= 15 is 0 Å². The number of aromatic nitrogens is 2. The molecule has 0 N–H and O–H groups in total. The molecule has 0 amide bonds. The number of methoxy groups -OCH3 is 1. The lowest BCUT2D eigenvalue weighted by molar-refractivity contribution is 0.248.